The zero-order valence-electron chi connectivity index (χ0n) is 19.9. The third-order valence-electron chi connectivity index (χ3n) is 5.20. The minimum absolute atomic E-state index is 0.0551. The molecule has 0 aliphatic carbocycles. The fraction of sp³-hybridized carbons (Fsp3) is 0.696. The van der Waals surface area contributed by atoms with Crippen molar-refractivity contribution in [3.63, 3.8) is 0 Å². The zero-order chi connectivity index (χ0) is 24.5. The summed E-state index contributed by atoms with van der Waals surface area (Å²) in [6.45, 7) is 12.9. The van der Waals surface area contributed by atoms with Gasteiger partial charge in [0.1, 0.15) is 16.2 Å². The molecule has 0 aromatic heterocycles. The molecular formula is C23H35F3N2O3S. The minimum atomic E-state index is -3.35. The first kappa shape index (κ1) is 26.8. The highest BCUT2D eigenvalue weighted by atomic mass is 32.2. The zero-order valence-corrected chi connectivity index (χ0v) is 20.7. The SMILES string of the molecule is C[C@@H](N[S@@+]([O-])C(C)(C)C)c1cccc(C(F)(F)CCC2CN(C(=O)OC(C)(C)C)C2)c1F. The van der Waals surface area contributed by atoms with E-state index in [0.29, 0.717) is 13.1 Å². The molecular weight excluding hydrogens is 441 g/mol. The molecule has 0 saturated carbocycles. The highest BCUT2D eigenvalue weighted by Crippen LogP contribution is 2.39. The van der Waals surface area contributed by atoms with E-state index in [4.69, 9.17) is 4.74 Å². The molecule has 1 saturated heterocycles. The van der Waals surface area contributed by atoms with E-state index in [1.54, 1.807) is 48.5 Å². The minimum Gasteiger partial charge on any atom is -0.598 e. The monoisotopic (exact) mass is 476 g/mol. The third kappa shape index (κ3) is 7.02. The summed E-state index contributed by atoms with van der Waals surface area (Å²) in [7, 11) is 0. The Balaban J connectivity index is 1.98. The standard InChI is InChI=1S/C23H35F3N2O3S/c1-15(27-32(30)22(5,6)7)17-9-8-10-18(19(17)24)23(25,26)12-11-16-13-28(14-16)20(29)31-21(2,3)4/h8-10,15-16,27H,11-14H2,1-7H3/t15-,32+/m1/s1. The Kier molecular flexibility index (Phi) is 8.22. The topological polar surface area (TPSA) is 64.6 Å². The van der Waals surface area contributed by atoms with Crippen molar-refractivity contribution in [1.29, 1.82) is 0 Å². The lowest BCUT2D eigenvalue weighted by atomic mass is 9.90. The summed E-state index contributed by atoms with van der Waals surface area (Å²) in [5.41, 5.74) is -1.21. The fourth-order valence-electron chi connectivity index (χ4n) is 3.32. The summed E-state index contributed by atoms with van der Waals surface area (Å²) in [5, 5.41) is 0. The summed E-state index contributed by atoms with van der Waals surface area (Å²) in [6, 6.07) is 3.23. The molecule has 32 heavy (non-hydrogen) atoms. The van der Waals surface area contributed by atoms with E-state index in [-0.39, 0.29) is 17.9 Å². The van der Waals surface area contributed by atoms with Crippen LogP contribution in [0, 0.1) is 11.7 Å². The molecule has 2 rings (SSSR count). The van der Waals surface area contributed by atoms with E-state index in [0.717, 1.165) is 6.07 Å². The molecule has 1 aromatic rings. The Labute approximate surface area is 192 Å². The smallest absolute Gasteiger partial charge is 0.410 e. The summed E-state index contributed by atoms with van der Waals surface area (Å²) < 4.78 is 64.6. The van der Waals surface area contributed by atoms with Gasteiger partial charge in [0, 0.05) is 36.4 Å². The van der Waals surface area contributed by atoms with Gasteiger partial charge in [-0.25, -0.2) is 18.0 Å². The lowest BCUT2D eigenvalue weighted by molar-refractivity contribution is -0.0360. The second kappa shape index (κ2) is 9.81. The predicted octanol–water partition coefficient (Wildman–Crippen LogP) is 5.68. The Morgan fingerprint density at radius 2 is 1.84 bits per heavy atom. The maximum atomic E-state index is 15.0. The van der Waals surface area contributed by atoms with Gasteiger partial charge in [0.15, 0.2) is 0 Å². The van der Waals surface area contributed by atoms with Crippen molar-refractivity contribution in [3.8, 4) is 0 Å². The molecule has 1 aromatic carbocycles. The van der Waals surface area contributed by atoms with Crippen LogP contribution in [0.1, 0.15) is 78.5 Å². The third-order valence-corrected chi connectivity index (χ3v) is 6.88. The van der Waals surface area contributed by atoms with E-state index in [9.17, 15) is 18.1 Å². The van der Waals surface area contributed by atoms with Crippen LogP contribution < -0.4 is 4.72 Å². The number of carbonyl (C=O) groups is 1. The van der Waals surface area contributed by atoms with Crippen LogP contribution in [0.3, 0.4) is 0 Å². The molecule has 0 bridgehead atoms. The van der Waals surface area contributed by atoms with Crippen LogP contribution in [0.15, 0.2) is 18.2 Å². The van der Waals surface area contributed by atoms with Crippen LogP contribution in [0.25, 0.3) is 0 Å². The number of amides is 1. The molecule has 182 valence electrons. The van der Waals surface area contributed by atoms with Gasteiger partial charge in [0.25, 0.3) is 5.92 Å². The van der Waals surface area contributed by atoms with Gasteiger partial charge in [0.2, 0.25) is 0 Å². The van der Waals surface area contributed by atoms with Crippen LogP contribution >= 0.6 is 0 Å². The van der Waals surface area contributed by atoms with E-state index in [1.165, 1.54) is 17.0 Å². The van der Waals surface area contributed by atoms with Crippen molar-refractivity contribution in [2.45, 2.75) is 83.6 Å². The van der Waals surface area contributed by atoms with Gasteiger partial charge in [-0.15, -0.1) is 4.72 Å². The van der Waals surface area contributed by atoms with Crippen LogP contribution in [0.5, 0.6) is 0 Å². The normalized spacial score (nSPS) is 17.7. The molecule has 0 radical (unpaired) electrons. The number of carbonyl (C=O) groups excluding carboxylic acids is 1. The van der Waals surface area contributed by atoms with Crippen LogP contribution in [-0.2, 0) is 22.0 Å². The van der Waals surface area contributed by atoms with Gasteiger partial charge in [-0.1, -0.05) is 18.2 Å². The molecule has 5 nitrogen and oxygen atoms in total. The molecule has 0 spiro atoms. The van der Waals surface area contributed by atoms with E-state index in [2.05, 4.69) is 4.72 Å². The highest BCUT2D eigenvalue weighted by molar-refractivity contribution is 7.90. The Bertz CT molecular complexity index is 803. The molecule has 2 atom stereocenters. The van der Waals surface area contributed by atoms with Gasteiger partial charge < -0.3 is 14.2 Å². The van der Waals surface area contributed by atoms with Gasteiger partial charge in [0.05, 0.1) is 11.6 Å². The average Bonchev–Trinajstić information content (AvgIpc) is 2.57. The summed E-state index contributed by atoms with van der Waals surface area (Å²) in [5.74, 6) is -4.41. The lowest BCUT2D eigenvalue weighted by Crippen LogP contribution is -2.51. The molecule has 1 aliphatic rings. The molecule has 9 heteroatoms. The maximum Gasteiger partial charge on any atom is 0.410 e. The largest absolute Gasteiger partial charge is 0.598 e. The van der Waals surface area contributed by atoms with Gasteiger partial charge >= 0.3 is 6.09 Å². The Morgan fingerprint density at radius 3 is 2.38 bits per heavy atom. The van der Waals surface area contributed by atoms with Crippen molar-refractivity contribution < 1.29 is 27.3 Å². The highest BCUT2D eigenvalue weighted by Gasteiger charge is 2.40. The summed E-state index contributed by atoms with van der Waals surface area (Å²) in [4.78, 5) is 13.5. The number of nitrogens with zero attached hydrogens (tertiary/aromatic N) is 1. The summed E-state index contributed by atoms with van der Waals surface area (Å²) in [6.07, 6.45) is -0.804. The molecule has 1 amide bonds. The van der Waals surface area contributed by atoms with Crippen LogP contribution in [0.4, 0.5) is 18.0 Å². The van der Waals surface area contributed by atoms with Crippen LogP contribution in [0.2, 0.25) is 0 Å². The number of alkyl halides is 2. The van der Waals surface area contributed by atoms with Gasteiger partial charge in [-0.2, -0.15) is 0 Å². The van der Waals surface area contributed by atoms with Crippen molar-refractivity contribution in [1.82, 2.24) is 9.62 Å². The lowest BCUT2D eigenvalue weighted by Gasteiger charge is -2.40. The fourth-order valence-corrected chi connectivity index (χ4v) is 4.12. The van der Waals surface area contributed by atoms with Crippen LogP contribution in [-0.4, -0.2) is 39.0 Å². The Morgan fingerprint density at radius 1 is 1.25 bits per heavy atom. The van der Waals surface area contributed by atoms with Gasteiger partial charge in [-0.3, -0.25) is 0 Å². The van der Waals surface area contributed by atoms with Crippen molar-refractivity contribution in [2.75, 3.05) is 13.1 Å². The number of nitrogens with one attached hydrogen (secondary N) is 1. The quantitative estimate of drug-likeness (QED) is 0.515. The predicted molar refractivity (Wildman–Crippen MR) is 120 cm³/mol. The number of rotatable bonds is 7. The first-order chi connectivity index (χ1) is 14.5. The second-order valence-electron chi connectivity index (χ2n) is 10.4. The number of hydrogen-bond donors (Lipinski definition) is 1. The number of benzene rings is 1. The number of ether oxygens (including phenoxy) is 1. The van der Waals surface area contributed by atoms with E-state index < -0.39 is 57.6 Å². The van der Waals surface area contributed by atoms with Crippen molar-refractivity contribution in [3.05, 3.63) is 35.1 Å². The van der Waals surface area contributed by atoms with Crippen molar-refractivity contribution >= 4 is 17.5 Å². The first-order valence-corrected chi connectivity index (χ1v) is 12.0. The molecule has 1 fully saturated rings. The maximum absolute atomic E-state index is 15.0. The first-order valence-electron chi connectivity index (χ1n) is 10.8. The molecule has 1 aliphatic heterocycles. The number of hydrogen-bond acceptors (Lipinski definition) is 4. The number of likely N-dealkylation sites (tertiary alicyclic amines) is 1. The number of halogens is 3. The van der Waals surface area contributed by atoms with E-state index in [1.807, 2.05) is 0 Å². The second-order valence-corrected chi connectivity index (χ2v) is 12.4. The summed E-state index contributed by atoms with van der Waals surface area (Å²) >= 11 is -1.47. The van der Waals surface area contributed by atoms with Gasteiger partial charge in [-0.05, 0) is 60.8 Å². The average molecular weight is 477 g/mol. The Hall–Kier alpha value is -1.45. The molecule has 1 heterocycles. The van der Waals surface area contributed by atoms with E-state index >= 15 is 4.39 Å². The molecule has 0 unspecified atom stereocenters. The van der Waals surface area contributed by atoms with Crippen molar-refractivity contribution in [2.24, 2.45) is 5.92 Å². The molecule has 1 N–H and O–H groups in total.